The summed E-state index contributed by atoms with van der Waals surface area (Å²) in [5.41, 5.74) is -0.135. The molecule has 0 spiro atoms. The van der Waals surface area contributed by atoms with Crippen LogP contribution in [-0.2, 0) is 16.8 Å². The maximum absolute atomic E-state index is 11.5. The molecule has 7 nitrogen and oxygen atoms in total. The van der Waals surface area contributed by atoms with E-state index in [2.05, 4.69) is 0 Å². The Kier molecular flexibility index (Phi) is 6.51. The van der Waals surface area contributed by atoms with Crippen LogP contribution in [0.3, 0.4) is 0 Å². The van der Waals surface area contributed by atoms with Crippen LogP contribution in [0.25, 0.3) is 0 Å². The average molecular weight is 330 g/mol. The molecule has 0 aliphatic carbocycles. The zero-order valence-corrected chi connectivity index (χ0v) is 14.6. The molecule has 0 aliphatic rings. The van der Waals surface area contributed by atoms with Crippen molar-refractivity contribution in [3.8, 4) is 0 Å². The second-order valence-corrected chi connectivity index (χ2v) is 5.49. The Hall–Kier alpha value is -1.45. The Morgan fingerprint density at radius 2 is 1.55 bits per heavy atom. The minimum Gasteiger partial charge on any atom is -0.731 e. The van der Waals surface area contributed by atoms with Crippen molar-refractivity contribution < 1.29 is 47.5 Å². The number of hydrogen-bond donors (Lipinski definition) is 0. The van der Waals surface area contributed by atoms with Crippen molar-refractivity contribution in [2.75, 3.05) is 4.31 Å². The van der Waals surface area contributed by atoms with E-state index in [9.17, 15) is 23.1 Å². The van der Waals surface area contributed by atoms with Gasteiger partial charge in [-0.1, -0.05) is 42.5 Å². The molecule has 0 bridgehead atoms. The third-order valence-electron chi connectivity index (χ3n) is 2.79. The van der Waals surface area contributed by atoms with Crippen LogP contribution in [0.2, 0.25) is 0 Å². The molecule has 0 radical (unpaired) electrons. The third kappa shape index (κ3) is 4.52. The minimum absolute atomic E-state index is 0. The number of hydrogen-bond acceptors (Lipinski definition) is 5. The fourth-order valence-corrected chi connectivity index (χ4v) is 2.57. The van der Waals surface area contributed by atoms with E-state index in [0.717, 1.165) is 6.07 Å². The summed E-state index contributed by atoms with van der Waals surface area (Å²) in [5, 5.41) is 11.0. The van der Waals surface area contributed by atoms with Gasteiger partial charge in [-0.05, 0) is 11.6 Å². The average Bonchev–Trinajstić information content (AvgIpc) is 2.44. The Morgan fingerprint density at radius 1 is 1.00 bits per heavy atom. The van der Waals surface area contributed by atoms with Gasteiger partial charge in [-0.15, -0.1) is 0 Å². The molecule has 9 heteroatoms. The summed E-state index contributed by atoms with van der Waals surface area (Å²) in [7, 11) is -4.89. The summed E-state index contributed by atoms with van der Waals surface area (Å²) in [6.07, 6.45) is 0. The predicted octanol–water partition coefficient (Wildman–Crippen LogP) is -0.934. The standard InChI is InChI=1S/C13H12N2O5S.Na/c16-15(17)13-9-5-4-8-12(13)14(21(18,19)20)10-11-6-2-1-3-7-11;/h1-9H,10H2,(H,18,19,20);/q;+1/p-1. The minimum atomic E-state index is -4.89. The van der Waals surface area contributed by atoms with Crippen molar-refractivity contribution in [2.45, 2.75) is 6.54 Å². The molecule has 2 rings (SSSR count). The Labute approximate surface area is 149 Å². The number of nitrogens with zero attached hydrogens (tertiary/aromatic N) is 2. The molecule has 0 heterocycles. The fourth-order valence-electron chi connectivity index (χ4n) is 1.86. The topological polar surface area (TPSA) is 104 Å². The fraction of sp³-hybridized carbons (Fsp3) is 0.0769. The number of nitro benzene ring substituents is 1. The summed E-state index contributed by atoms with van der Waals surface area (Å²) in [5.74, 6) is 0. The van der Waals surface area contributed by atoms with E-state index >= 15 is 0 Å². The Morgan fingerprint density at radius 3 is 2.09 bits per heavy atom. The molecule has 110 valence electrons. The van der Waals surface area contributed by atoms with Gasteiger partial charge in [0.2, 0.25) is 0 Å². The zero-order chi connectivity index (χ0) is 15.5. The first-order valence-corrected chi connectivity index (χ1v) is 7.27. The van der Waals surface area contributed by atoms with Crippen molar-refractivity contribution in [1.29, 1.82) is 0 Å². The molecular formula is C13H11N2NaO5S. The van der Waals surface area contributed by atoms with Gasteiger partial charge in [0, 0.05) is 6.07 Å². The normalized spacial score (nSPS) is 10.6. The van der Waals surface area contributed by atoms with E-state index in [4.69, 9.17) is 0 Å². The van der Waals surface area contributed by atoms with Gasteiger partial charge in [-0.2, -0.15) is 0 Å². The first kappa shape index (κ1) is 18.6. The van der Waals surface area contributed by atoms with Crippen LogP contribution >= 0.6 is 0 Å². The molecule has 2 aromatic carbocycles. The molecule has 0 unspecified atom stereocenters. The van der Waals surface area contributed by atoms with Gasteiger partial charge in [0.1, 0.15) is 5.69 Å². The summed E-state index contributed by atoms with van der Waals surface area (Å²) in [6.45, 7) is -0.266. The van der Waals surface area contributed by atoms with Gasteiger partial charge < -0.3 is 4.55 Å². The van der Waals surface area contributed by atoms with Crippen molar-refractivity contribution in [3.63, 3.8) is 0 Å². The maximum Gasteiger partial charge on any atom is 1.00 e. The molecule has 0 saturated heterocycles. The summed E-state index contributed by atoms with van der Waals surface area (Å²) >= 11 is 0. The van der Waals surface area contributed by atoms with E-state index in [1.54, 1.807) is 30.3 Å². The molecule has 0 N–H and O–H groups in total. The molecular weight excluding hydrogens is 319 g/mol. The van der Waals surface area contributed by atoms with E-state index in [1.165, 1.54) is 18.2 Å². The number of benzene rings is 2. The second kappa shape index (κ2) is 7.70. The Balaban J connectivity index is 0.00000242. The molecule has 2 aromatic rings. The van der Waals surface area contributed by atoms with Crippen LogP contribution in [0.1, 0.15) is 5.56 Å². The molecule has 0 aromatic heterocycles. The third-order valence-corrected chi connectivity index (χ3v) is 3.65. The van der Waals surface area contributed by atoms with E-state index in [0.29, 0.717) is 9.87 Å². The van der Waals surface area contributed by atoms with Crippen molar-refractivity contribution in [2.24, 2.45) is 0 Å². The van der Waals surface area contributed by atoms with Crippen LogP contribution in [0, 0.1) is 10.1 Å². The number of anilines is 1. The summed E-state index contributed by atoms with van der Waals surface area (Å²) in [6, 6.07) is 13.6. The van der Waals surface area contributed by atoms with Crippen LogP contribution in [-0.4, -0.2) is 17.9 Å². The molecule has 22 heavy (non-hydrogen) atoms. The van der Waals surface area contributed by atoms with Crippen LogP contribution < -0.4 is 33.9 Å². The molecule has 0 atom stereocenters. The van der Waals surface area contributed by atoms with Gasteiger partial charge >= 0.3 is 29.6 Å². The smallest absolute Gasteiger partial charge is 0.731 e. The van der Waals surface area contributed by atoms with E-state index in [1.807, 2.05) is 0 Å². The van der Waals surface area contributed by atoms with Gasteiger partial charge in [-0.3, -0.25) is 14.4 Å². The summed E-state index contributed by atoms with van der Waals surface area (Å²) in [4.78, 5) is 10.3. The van der Waals surface area contributed by atoms with Crippen molar-refractivity contribution >= 4 is 21.7 Å². The van der Waals surface area contributed by atoms with Crippen molar-refractivity contribution in [1.82, 2.24) is 0 Å². The monoisotopic (exact) mass is 330 g/mol. The van der Waals surface area contributed by atoms with Crippen LogP contribution in [0.15, 0.2) is 54.6 Å². The summed E-state index contributed by atoms with van der Waals surface area (Å²) < 4.78 is 34.9. The van der Waals surface area contributed by atoms with Gasteiger partial charge in [0.25, 0.3) is 5.69 Å². The number of para-hydroxylation sites is 2. The quantitative estimate of drug-likeness (QED) is 0.305. The van der Waals surface area contributed by atoms with Gasteiger partial charge in [-0.25, -0.2) is 8.42 Å². The zero-order valence-electron chi connectivity index (χ0n) is 11.7. The predicted molar refractivity (Wildman–Crippen MR) is 75.4 cm³/mol. The van der Waals surface area contributed by atoms with Crippen LogP contribution in [0.5, 0.6) is 0 Å². The van der Waals surface area contributed by atoms with Crippen molar-refractivity contribution in [3.05, 3.63) is 70.3 Å². The molecule has 0 aliphatic heterocycles. The molecule has 0 saturated carbocycles. The van der Waals surface area contributed by atoms with Gasteiger partial charge in [0.05, 0.1) is 11.5 Å². The van der Waals surface area contributed by atoms with E-state index < -0.39 is 20.9 Å². The molecule has 0 amide bonds. The number of nitro groups is 1. The largest absolute Gasteiger partial charge is 1.00 e. The second-order valence-electron chi connectivity index (χ2n) is 4.20. The van der Waals surface area contributed by atoms with Gasteiger partial charge in [0.15, 0.2) is 10.3 Å². The first-order valence-electron chi connectivity index (χ1n) is 5.90. The number of rotatable bonds is 5. The first-order chi connectivity index (χ1) is 9.89. The Bertz CT molecular complexity index is 752. The molecule has 0 fully saturated rings. The van der Waals surface area contributed by atoms with Crippen LogP contribution in [0.4, 0.5) is 11.4 Å². The van der Waals surface area contributed by atoms with E-state index in [-0.39, 0.29) is 41.8 Å². The maximum atomic E-state index is 11.5. The SMILES string of the molecule is O=[N+]([O-])c1ccccc1N(Cc1ccccc1)S(=O)(=O)[O-].[Na+].